The van der Waals surface area contributed by atoms with Crippen molar-refractivity contribution in [2.24, 2.45) is 0 Å². The molecule has 0 aromatic carbocycles. The second-order valence-electron chi connectivity index (χ2n) is 2.21. The molecule has 0 saturated carbocycles. The zero-order chi connectivity index (χ0) is 5.45. The van der Waals surface area contributed by atoms with Crippen molar-refractivity contribution in [3.8, 4) is 0 Å². The maximum absolute atomic E-state index is 3.30. The highest BCUT2D eigenvalue weighted by Crippen LogP contribution is 2.46. The second-order valence-corrected chi connectivity index (χ2v) is 5.43. The van der Waals surface area contributed by atoms with Crippen molar-refractivity contribution in [2.45, 2.75) is 4.08 Å². The van der Waals surface area contributed by atoms with E-state index in [2.05, 4.69) is 28.8 Å². The van der Waals surface area contributed by atoms with E-state index in [-0.39, 0.29) is 0 Å². The summed E-state index contributed by atoms with van der Waals surface area (Å²) in [4.78, 5) is 0. The number of nitrogens with one attached hydrogen (secondary N) is 1. The van der Waals surface area contributed by atoms with E-state index in [1.54, 1.807) is 0 Å². The standard InChI is InChI=1S/C5H9NS2/c1-2-8-5(7-1)3-6-4-5/h6H,1-4H2. The molecule has 2 saturated heterocycles. The molecule has 1 spiro atoms. The first kappa shape index (κ1) is 5.45. The van der Waals surface area contributed by atoms with Gasteiger partial charge in [0.25, 0.3) is 0 Å². The van der Waals surface area contributed by atoms with Crippen LogP contribution in [-0.2, 0) is 0 Å². The van der Waals surface area contributed by atoms with Crippen molar-refractivity contribution in [2.75, 3.05) is 24.6 Å². The smallest absolute Gasteiger partial charge is 0.0858 e. The SMILES string of the molecule is C1CSC2(CNC2)S1. The molecule has 0 amide bonds. The van der Waals surface area contributed by atoms with Gasteiger partial charge in [-0.2, -0.15) is 0 Å². The minimum atomic E-state index is 0.639. The number of hydrogen-bond donors (Lipinski definition) is 1. The average molecular weight is 147 g/mol. The molecular weight excluding hydrogens is 138 g/mol. The molecule has 2 aliphatic rings. The van der Waals surface area contributed by atoms with Crippen molar-refractivity contribution in [1.82, 2.24) is 5.32 Å². The molecule has 3 heteroatoms. The fourth-order valence-corrected chi connectivity index (χ4v) is 4.09. The zero-order valence-corrected chi connectivity index (χ0v) is 6.28. The van der Waals surface area contributed by atoms with Gasteiger partial charge >= 0.3 is 0 Å². The van der Waals surface area contributed by atoms with Gasteiger partial charge in [0.15, 0.2) is 0 Å². The van der Waals surface area contributed by atoms with Crippen LogP contribution in [0.4, 0.5) is 0 Å². The van der Waals surface area contributed by atoms with Crippen LogP contribution in [0, 0.1) is 0 Å². The van der Waals surface area contributed by atoms with Crippen LogP contribution in [0.25, 0.3) is 0 Å². The van der Waals surface area contributed by atoms with Crippen LogP contribution in [-0.4, -0.2) is 28.7 Å². The van der Waals surface area contributed by atoms with E-state index in [4.69, 9.17) is 0 Å². The van der Waals surface area contributed by atoms with E-state index in [1.165, 1.54) is 24.6 Å². The number of rotatable bonds is 0. The van der Waals surface area contributed by atoms with Gasteiger partial charge in [0.1, 0.15) is 0 Å². The maximum Gasteiger partial charge on any atom is 0.0858 e. The Morgan fingerprint density at radius 2 is 1.75 bits per heavy atom. The molecular formula is C5H9NS2. The summed E-state index contributed by atoms with van der Waals surface area (Å²) < 4.78 is 0.639. The predicted octanol–water partition coefficient (Wildman–Crippen LogP) is 0.766. The molecule has 0 unspecified atom stereocenters. The van der Waals surface area contributed by atoms with Gasteiger partial charge in [-0.1, -0.05) is 0 Å². The monoisotopic (exact) mass is 147 g/mol. The Hall–Kier alpha value is 0.660. The van der Waals surface area contributed by atoms with Crippen LogP contribution in [0.2, 0.25) is 0 Å². The molecule has 0 aromatic rings. The normalized spacial score (nSPS) is 33.0. The molecule has 0 radical (unpaired) electrons. The third-order valence-corrected chi connectivity index (χ3v) is 5.01. The summed E-state index contributed by atoms with van der Waals surface area (Å²) in [5.74, 6) is 2.73. The van der Waals surface area contributed by atoms with E-state index >= 15 is 0 Å². The van der Waals surface area contributed by atoms with Crippen molar-refractivity contribution >= 4 is 23.5 Å². The van der Waals surface area contributed by atoms with Crippen LogP contribution in [0.15, 0.2) is 0 Å². The van der Waals surface area contributed by atoms with E-state index in [0.29, 0.717) is 4.08 Å². The van der Waals surface area contributed by atoms with Crippen LogP contribution < -0.4 is 5.32 Å². The second kappa shape index (κ2) is 1.82. The van der Waals surface area contributed by atoms with Crippen molar-refractivity contribution < 1.29 is 0 Å². The summed E-state index contributed by atoms with van der Waals surface area (Å²) in [6.07, 6.45) is 0. The molecule has 8 heavy (non-hydrogen) atoms. The summed E-state index contributed by atoms with van der Waals surface area (Å²) in [7, 11) is 0. The minimum absolute atomic E-state index is 0.639. The molecule has 2 aliphatic heterocycles. The molecule has 1 N–H and O–H groups in total. The Labute approximate surface area is 58.0 Å². The third kappa shape index (κ3) is 0.684. The average Bonchev–Trinajstić information content (AvgIpc) is 2.07. The lowest BCUT2D eigenvalue weighted by molar-refractivity contribution is 0.512. The van der Waals surface area contributed by atoms with Gasteiger partial charge in [-0.3, -0.25) is 0 Å². The third-order valence-electron chi connectivity index (χ3n) is 1.60. The van der Waals surface area contributed by atoms with Gasteiger partial charge in [0.05, 0.1) is 4.08 Å². The molecule has 0 aliphatic carbocycles. The summed E-state index contributed by atoms with van der Waals surface area (Å²) in [5.41, 5.74) is 0. The Morgan fingerprint density at radius 3 is 2.00 bits per heavy atom. The summed E-state index contributed by atoms with van der Waals surface area (Å²) in [5, 5.41) is 3.30. The Bertz CT molecular complexity index is 92.6. The molecule has 0 bridgehead atoms. The molecule has 46 valence electrons. The minimum Gasteiger partial charge on any atom is -0.312 e. The van der Waals surface area contributed by atoms with Crippen LogP contribution in [0.1, 0.15) is 0 Å². The number of hydrogen-bond acceptors (Lipinski definition) is 3. The summed E-state index contributed by atoms with van der Waals surface area (Å²) in [6.45, 7) is 2.48. The highest BCUT2D eigenvalue weighted by atomic mass is 32.2. The van der Waals surface area contributed by atoms with Crippen molar-refractivity contribution in [1.29, 1.82) is 0 Å². The molecule has 2 rings (SSSR count). The van der Waals surface area contributed by atoms with Crippen molar-refractivity contribution in [3.63, 3.8) is 0 Å². The van der Waals surface area contributed by atoms with E-state index in [1.807, 2.05) is 0 Å². The Morgan fingerprint density at radius 1 is 1.12 bits per heavy atom. The van der Waals surface area contributed by atoms with E-state index < -0.39 is 0 Å². The van der Waals surface area contributed by atoms with Gasteiger partial charge < -0.3 is 5.32 Å². The largest absolute Gasteiger partial charge is 0.312 e. The maximum atomic E-state index is 3.30. The van der Waals surface area contributed by atoms with Gasteiger partial charge in [0, 0.05) is 24.6 Å². The first-order chi connectivity index (χ1) is 3.91. The molecule has 2 heterocycles. The molecule has 0 atom stereocenters. The lowest BCUT2D eigenvalue weighted by atomic mass is 10.3. The fraction of sp³-hybridized carbons (Fsp3) is 1.00. The zero-order valence-electron chi connectivity index (χ0n) is 4.64. The molecule has 2 fully saturated rings. The van der Waals surface area contributed by atoms with Gasteiger partial charge in [-0.05, 0) is 0 Å². The highest BCUT2D eigenvalue weighted by Gasteiger charge is 2.40. The first-order valence-corrected chi connectivity index (χ1v) is 4.87. The van der Waals surface area contributed by atoms with Gasteiger partial charge in [0.2, 0.25) is 0 Å². The topological polar surface area (TPSA) is 12.0 Å². The van der Waals surface area contributed by atoms with Crippen LogP contribution in [0.5, 0.6) is 0 Å². The fourth-order valence-electron chi connectivity index (χ4n) is 1.03. The van der Waals surface area contributed by atoms with Crippen LogP contribution in [0.3, 0.4) is 0 Å². The van der Waals surface area contributed by atoms with Crippen LogP contribution >= 0.6 is 23.5 Å². The molecule has 0 aromatic heterocycles. The Balaban J connectivity index is 2.01. The van der Waals surface area contributed by atoms with Gasteiger partial charge in [-0.25, -0.2) is 0 Å². The lowest BCUT2D eigenvalue weighted by Gasteiger charge is -2.36. The summed E-state index contributed by atoms with van der Waals surface area (Å²) in [6, 6.07) is 0. The quantitative estimate of drug-likeness (QED) is 0.543. The van der Waals surface area contributed by atoms with Gasteiger partial charge in [-0.15, -0.1) is 23.5 Å². The predicted molar refractivity (Wildman–Crippen MR) is 40.5 cm³/mol. The first-order valence-electron chi connectivity index (χ1n) is 2.90. The summed E-state index contributed by atoms with van der Waals surface area (Å²) >= 11 is 4.26. The highest BCUT2D eigenvalue weighted by molar-refractivity contribution is 8.21. The Kier molecular flexibility index (Phi) is 1.24. The molecule has 1 nitrogen and oxygen atoms in total. The van der Waals surface area contributed by atoms with Crippen molar-refractivity contribution in [3.05, 3.63) is 0 Å². The van der Waals surface area contributed by atoms with E-state index in [9.17, 15) is 0 Å². The lowest BCUT2D eigenvalue weighted by Crippen LogP contribution is -2.53. The van der Waals surface area contributed by atoms with E-state index in [0.717, 1.165) is 0 Å². The number of thioether (sulfide) groups is 2.